The zero-order chi connectivity index (χ0) is 19.5. The fourth-order valence-electron chi connectivity index (χ4n) is 2.91. The van der Waals surface area contributed by atoms with Gasteiger partial charge in [-0.15, -0.1) is 0 Å². The summed E-state index contributed by atoms with van der Waals surface area (Å²) in [5.41, 5.74) is 2.39. The van der Waals surface area contributed by atoms with E-state index in [1.807, 2.05) is 42.5 Å². The van der Waals surface area contributed by atoms with Gasteiger partial charge in [-0.25, -0.2) is 14.6 Å². The summed E-state index contributed by atoms with van der Waals surface area (Å²) >= 11 is 0. The summed E-state index contributed by atoms with van der Waals surface area (Å²) < 4.78 is 17.6. The molecule has 4 aromatic rings. The third-order valence-electron chi connectivity index (χ3n) is 4.33. The van der Waals surface area contributed by atoms with Gasteiger partial charge in [0.05, 0.1) is 38.6 Å². The quantitative estimate of drug-likeness (QED) is 0.550. The standard InChI is InChI=1S/C20H19N5O3/c1-26-15-7-5-14(6-8-15)25-20-16(11-23-25)19(21-12-22-20)24-13-4-9-17(27-2)18(10-13)28-3/h4-12H,1-3H3,(H,21,22,24). The van der Waals surface area contributed by atoms with Crippen LogP contribution in [0, 0.1) is 0 Å². The van der Waals surface area contributed by atoms with E-state index in [9.17, 15) is 0 Å². The third kappa shape index (κ3) is 3.16. The number of aromatic nitrogens is 4. The van der Waals surface area contributed by atoms with Crippen LogP contribution in [0.15, 0.2) is 55.0 Å². The predicted molar refractivity (Wildman–Crippen MR) is 106 cm³/mol. The monoisotopic (exact) mass is 377 g/mol. The Hall–Kier alpha value is -3.81. The number of rotatable bonds is 6. The van der Waals surface area contributed by atoms with E-state index in [0.29, 0.717) is 23.0 Å². The Balaban J connectivity index is 1.70. The van der Waals surface area contributed by atoms with Gasteiger partial charge in [0.2, 0.25) is 0 Å². The summed E-state index contributed by atoms with van der Waals surface area (Å²) in [6.45, 7) is 0. The highest BCUT2D eigenvalue weighted by Crippen LogP contribution is 2.32. The van der Waals surface area contributed by atoms with Crippen molar-refractivity contribution < 1.29 is 14.2 Å². The number of nitrogens with one attached hydrogen (secondary N) is 1. The van der Waals surface area contributed by atoms with Gasteiger partial charge in [0.15, 0.2) is 17.1 Å². The summed E-state index contributed by atoms with van der Waals surface area (Å²) in [7, 11) is 4.84. The van der Waals surface area contributed by atoms with Gasteiger partial charge < -0.3 is 19.5 Å². The molecule has 0 saturated carbocycles. The van der Waals surface area contributed by atoms with Crippen molar-refractivity contribution in [2.45, 2.75) is 0 Å². The van der Waals surface area contributed by atoms with Crippen LogP contribution < -0.4 is 19.5 Å². The van der Waals surface area contributed by atoms with E-state index in [0.717, 1.165) is 22.5 Å². The minimum atomic E-state index is 0.631. The molecule has 2 aromatic heterocycles. The molecule has 0 unspecified atom stereocenters. The van der Waals surface area contributed by atoms with Gasteiger partial charge in [-0.1, -0.05) is 0 Å². The number of benzene rings is 2. The number of nitrogens with zero attached hydrogens (tertiary/aromatic N) is 4. The minimum Gasteiger partial charge on any atom is -0.497 e. The predicted octanol–water partition coefficient (Wildman–Crippen LogP) is 3.58. The lowest BCUT2D eigenvalue weighted by molar-refractivity contribution is 0.355. The molecule has 0 saturated heterocycles. The smallest absolute Gasteiger partial charge is 0.168 e. The molecule has 142 valence electrons. The minimum absolute atomic E-state index is 0.631. The summed E-state index contributed by atoms with van der Waals surface area (Å²) in [6.07, 6.45) is 3.25. The molecule has 0 spiro atoms. The van der Waals surface area contributed by atoms with Crippen LogP contribution in [-0.4, -0.2) is 41.1 Å². The average Bonchev–Trinajstić information content (AvgIpc) is 3.19. The van der Waals surface area contributed by atoms with Gasteiger partial charge in [0, 0.05) is 11.8 Å². The summed E-state index contributed by atoms with van der Waals surface area (Å²) in [5.74, 6) is 2.72. The molecular weight excluding hydrogens is 358 g/mol. The maximum Gasteiger partial charge on any atom is 0.168 e. The Morgan fingerprint density at radius 2 is 1.64 bits per heavy atom. The molecule has 2 aromatic carbocycles. The molecule has 0 amide bonds. The number of hydrogen-bond donors (Lipinski definition) is 1. The van der Waals surface area contributed by atoms with E-state index >= 15 is 0 Å². The molecule has 4 rings (SSSR count). The van der Waals surface area contributed by atoms with Crippen molar-refractivity contribution in [3.63, 3.8) is 0 Å². The van der Waals surface area contributed by atoms with Crippen molar-refractivity contribution in [1.29, 1.82) is 0 Å². The lowest BCUT2D eigenvalue weighted by Gasteiger charge is -2.11. The fraction of sp³-hybridized carbons (Fsp3) is 0.150. The van der Waals surface area contributed by atoms with Crippen molar-refractivity contribution in [2.75, 3.05) is 26.6 Å². The molecule has 0 aliphatic heterocycles. The second kappa shape index (κ2) is 7.43. The Bertz CT molecular complexity index is 1110. The molecule has 0 fully saturated rings. The molecular formula is C20H19N5O3. The number of anilines is 2. The van der Waals surface area contributed by atoms with Crippen LogP contribution in [0.5, 0.6) is 17.2 Å². The maximum absolute atomic E-state index is 5.36. The molecule has 8 heteroatoms. The van der Waals surface area contributed by atoms with Gasteiger partial charge >= 0.3 is 0 Å². The van der Waals surface area contributed by atoms with E-state index in [4.69, 9.17) is 14.2 Å². The number of methoxy groups -OCH3 is 3. The average molecular weight is 377 g/mol. The van der Waals surface area contributed by atoms with Crippen LogP contribution >= 0.6 is 0 Å². The highest BCUT2D eigenvalue weighted by atomic mass is 16.5. The zero-order valence-corrected chi connectivity index (χ0v) is 15.7. The van der Waals surface area contributed by atoms with Gasteiger partial charge in [0.1, 0.15) is 17.9 Å². The first kappa shape index (κ1) is 17.6. The summed E-state index contributed by atoms with van der Waals surface area (Å²) in [5, 5.41) is 8.57. The molecule has 2 heterocycles. The van der Waals surface area contributed by atoms with E-state index in [2.05, 4.69) is 20.4 Å². The van der Waals surface area contributed by atoms with Gasteiger partial charge in [-0.3, -0.25) is 0 Å². The highest BCUT2D eigenvalue weighted by molar-refractivity contribution is 5.89. The van der Waals surface area contributed by atoms with Crippen molar-refractivity contribution >= 4 is 22.5 Å². The number of fused-ring (bicyclic) bond motifs is 1. The summed E-state index contributed by atoms with van der Waals surface area (Å²) in [4.78, 5) is 8.76. The lowest BCUT2D eigenvalue weighted by atomic mass is 10.2. The van der Waals surface area contributed by atoms with Crippen LogP contribution in [0.25, 0.3) is 16.7 Å². The van der Waals surface area contributed by atoms with Crippen molar-refractivity contribution in [2.24, 2.45) is 0 Å². The molecule has 0 atom stereocenters. The normalized spacial score (nSPS) is 10.7. The molecule has 0 aliphatic rings. The van der Waals surface area contributed by atoms with Gasteiger partial charge in [0.25, 0.3) is 0 Å². The molecule has 0 radical (unpaired) electrons. The molecule has 0 aliphatic carbocycles. The highest BCUT2D eigenvalue weighted by Gasteiger charge is 2.12. The van der Waals surface area contributed by atoms with Crippen molar-refractivity contribution in [3.8, 4) is 22.9 Å². The topological polar surface area (TPSA) is 83.3 Å². The first-order valence-corrected chi connectivity index (χ1v) is 8.55. The second-order valence-electron chi connectivity index (χ2n) is 5.91. The van der Waals surface area contributed by atoms with Crippen LogP contribution in [0.3, 0.4) is 0 Å². The fourth-order valence-corrected chi connectivity index (χ4v) is 2.91. The van der Waals surface area contributed by atoms with Crippen LogP contribution in [-0.2, 0) is 0 Å². The van der Waals surface area contributed by atoms with Crippen molar-refractivity contribution in [1.82, 2.24) is 19.7 Å². The number of ether oxygens (including phenoxy) is 3. The SMILES string of the molecule is COc1ccc(-n2ncc3c(Nc4ccc(OC)c(OC)c4)ncnc32)cc1. The first-order chi connectivity index (χ1) is 13.7. The second-order valence-corrected chi connectivity index (χ2v) is 5.91. The Morgan fingerprint density at radius 1 is 0.857 bits per heavy atom. The Labute approximate surface area is 161 Å². The number of hydrogen-bond acceptors (Lipinski definition) is 7. The molecule has 0 bridgehead atoms. The maximum atomic E-state index is 5.36. The Morgan fingerprint density at radius 3 is 2.36 bits per heavy atom. The third-order valence-corrected chi connectivity index (χ3v) is 4.33. The molecule has 1 N–H and O–H groups in total. The summed E-state index contributed by atoms with van der Waals surface area (Å²) in [6, 6.07) is 13.2. The molecule has 28 heavy (non-hydrogen) atoms. The van der Waals surface area contributed by atoms with Crippen LogP contribution in [0.2, 0.25) is 0 Å². The lowest BCUT2D eigenvalue weighted by Crippen LogP contribution is -2.00. The largest absolute Gasteiger partial charge is 0.497 e. The van der Waals surface area contributed by atoms with E-state index in [1.54, 1.807) is 32.2 Å². The molecule has 8 nitrogen and oxygen atoms in total. The van der Waals surface area contributed by atoms with Crippen LogP contribution in [0.1, 0.15) is 0 Å². The van der Waals surface area contributed by atoms with Crippen molar-refractivity contribution in [3.05, 3.63) is 55.0 Å². The van der Waals surface area contributed by atoms with Gasteiger partial charge in [-0.05, 0) is 36.4 Å². The Kier molecular flexibility index (Phi) is 4.67. The zero-order valence-electron chi connectivity index (χ0n) is 15.7. The van der Waals surface area contributed by atoms with E-state index in [1.165, 1.54) is 6.33 Å². The first-order valence-electron chi connectivity index (χ1n) is 8.55. The van der Waals surface area contributed by atoms with E-state index < -0.39 is 0 Å². The van der Waals surface area contributed by atoms with Gasteiger partial charge in [-0.2, -0.15) is 5.10 Å². The van der Waals surface area contributed by atoms with Crippen LogP contribution in [0.4, 0.5) is 11.5 Å². The van der Waals surface area contributed by atoms with E-state index in [-0.39, 0.29) is 0 Å².